The van der Waals surface area contributed by atoms with Crippen LogP contribution in [-0.2, 0) is 22.4 Å². The normalized spacial score (nSPS) is 27.6. The first-order valence-electron chi connectivity index (χ1n) is 6.76. The molecule has 1 saturated carbocycles. The fourth-order valence-corrected chi connectivity index (χ4v) is 3.53. The molecule has 0 heterocycles. The molecule has 4 N–H and O–H groups in total. The van der Waals surface area contributed by atoms with Gasteiger partial charge in [0, 0.05) is 5.92 Å². The summed E-state index contributed by atoms with van der Waals surface area (Å²) in [5.74, 6) is -3.32. The van der Waals surface area contributed by atoms with Gasteiger partial charge in [-0.25, -0.2) is 0 Å². The molecule has 0 radical (unpaired) electrons. The molecule has 1 aromatic rings. The third kappa shape index (κ3) is 1.81. The van der Waals surface area contributed by atoms with Gasteiger partial charge < -0.3 is 15.9 Å². The van der Waals surface area contributed by atoms with E-state index in [1.807, 2.05) is 24.3 Å². The molecule has 5 nitrogen and oxygen atoms in total. The summed E-state index contributed by atoms with van der Waals surface area (Å²) in [7, 11) is 0. The number of hydrogen-bond acceptors (Lipinski definition) is 3. The zero-order chi connectivity index (χ0) is 14.5. The first-order chi connectivity index (χ1) is 9.44. The van der Waals surface area contributed by atoms with Gasteiger partial charge in [0.05, 0.1) is 5.92 Å². The quantitative estimate of drug-likeness (QED) is 0.758. The van der Waals surface area contributed by atoms with Crippen molar-refractivity contribution in [2.45, 2.75) is 24.8 Å². The Bertz CT molecular complexity index is 560. The average molecular weight is 275 g/mol. The third-order valence-corrected chi connectivity index (χ3v) is 4.82. The van der Waals surface area contributed by atoms with Crippen LogP contribution < -0.4 is 5.73 Å². The summed E-state index contributed by atoms with van der Waals surface area (Å²) in [5.41, 5.74) is 7.01. The molecular formula is C15H17NO4. The number of rotatable bonds is 4. The van der Waals surface area contributed by atoms with Gasteiger partial charge in [0.25, 0.3) is 0 Å². The fourth-order valence-electron chi connectivity index (χ4n) is 3.53. The number of hydrogen-bond donors (Lipinski definition) is 3. The van der Waals surface area contributed by atoms with Gasteiger partial charge in [-0.15, -0.1) is 0 Å². The van der Waals surface area contributed by atoms with Crippen molar-refractivity contribution in [1.82, 2.24) is 0 Å². The highest BCUT2D eigenvalue weighted by atomic mass is 16.4. The number of carboxylic acids is 2. The summed E-state index contributed by atoms with van der Waals surface area (Å²) < 4.78 is 0. The monoisotopic (exact) mass is 275 g/mol. The van der Waals surface area contributed by atoms with E-state index in [-0.39, 0.29) is 5.92 Å². The van der Waals surface area contributed by atoms with Gasteiger partial charge in [0.15, 0.2) is 0 Å². The van der Waals surface area contributed by atoms with Crippen molar-refractivity contribution in [3.8, 4) is 0 Å². The van der Waals surface area contributed by atoms with Crippen LogP contribution in [0.4, 0.5) is 0 Å². The van der Waals surface area contributed by atoms with Crippen molar-refractivity contribution in [3.05, 3.63) is 35.4 Å². The number of carboxylic acid groups (broad SMARTS) is 2. The second-order valence-electron chi connectivity index (χ2n) is 5.90. The molecule has 0 aliphatic heterocycles. The molecule has 20 heavy (non-hydrogen) atoms. The number of benzene rings is 1. The molecule has 0 bridgehead atoms. The Labute approximate surface area is 116 Å². The highest BCUT2D eigenvalue weighted by molar-refractivity contribution is 5.84. The van der Waals surface area contributed by atoms with E-state index in [9.17, 15) is 14.7 Å². The predicted octanol–water partition coefficient (Wildman–Crippen LogP) is 0.904. The average Bonchev–Trinajstić information content (AvgIpc) is 3.10. The first kappa shape index (κ1) is 13.1. The molecule has 3 rings (SSSR count). The molecule has 0 aromatic heterocycles. The Hall–Kier alpha value is -1.88. The van der Waals surface area contributed by atoms with E-state index in [4.69, 9.17) is 10.8 Å². The van der Waals surface area contributed by atoms with Crippen LogP contribution in [0.25, 0.3) is 0 Å². The van der Waals surface area contributed by atoms with Gasteiger partial charge in [0.1, 0.15) is 5.54 Å². The summed E-state index contributed by atoms with van der Waals surface area (Å²) in [5, 5.41) is 18.6. The van der Waals surface area contributed by atoms with Crippen molar-refractivity contribution in [2.24, 2.45) is 23.5 Å². The van der Waals surface area contributed by atoms with Crippen LogP contribution in [0.1, 0.15) is 17.5 Å². The minimum atomic E-state index is -1.44. The topological polar surface area (TPSA) is 101 Å². The SMILES string of the molecule is NC(C(=O)O)(C1Cc2ccccc2C1)[C@H]1C[C@@H]1C(=O)O. The summed E-state index contributed by atoms with van der Waals surface area (Å²) in [6, 6.07) is 7.83. The van der Waals surface area contributed by atoms with Gasteiger partial charge in [0.2, 0.25) is 0 Å². The van der Waals surface area contributed by atoms with Gasteiger partial charge in [-0.1, -0.05) is 24.3 Å². The molecule has 1 aromatic carbocycles. The Morgan fingerprint density at radius 3 is 2.10 bits per heavy atom. The summed E-state index contributed by atoms with van der Waals surface area (Å²) >= 11 is 0. The van der Waals surface area contributed by atoms with Gasteiger partial charge in [-0.05, 0) is 36.3 Å². The molecule has 2 aliphatic carbocycles. The largest absolute Gasteiger partial charge is 0.481 e. The van der Waals surface area contributed by atoms with Crippen LogP contribution in [0.3, 0.4) is 0 Å². The summed E-state index contributed by atoms with van der Waals surface area (Å²) in [6.45, 7) is 0. The summed E-state index contributed by atoms with van der Waals surface area (Å²) in [6.07, 6.45) is 1.59. The molecular weight excluding hydrogens is 258 g/mol. The minimum absolute atomic E-state index is 0.230. The van der Waals surface area contributed by atoms with Crippen LogP contribution in [0.2, 0.25) is 0 Å². The lowest BCUT2D eigenvalue weighted by atomic mass is 9.78. The highest BCUT2D eigenvalue weighted by Crippen LogP contribution is 2.51. The van der Waals surface area contributed by atoms with Crippen molar-refractivity contribution in [1.29, 1.82) is 0 Å². The maximum absolute atomic E-state index is 11.7. The highest BCUT2D eigenvalue weighted by Gasteiger charge is 2.61. The predicted molar refractivity (Wildman–Crippen MR) is 71.1 cm³/mol. The van der Waals surface area contributed by atoms with E-state index in [2.05, 4.69) is 0 Å². The molecule has 0 amide bonds. The standard InChI is InChI=1S/C15H17NO4/c16-15(14(19)20,12-7-11(12)13(17)18)10-5-8-3-1-2-4-9(8)6-10/h1-4,10-12H,5-7,16H2,(H,17,18)(H,19,20)/t11-,12-,15?/m0/s1. The smallest absolute Gasteiger partial charge is 0.324 e. The molecule has 2 aliphatic rings. The second kappa shape index (κ2) is 4.31. The van der Waals surface area contributed by atoms with Crippen molar-refractivity contribution in [2.75, 3.05) is 0 Å². The van der Waals surface area contributed by atoms with Crippen molar-refractivity contribution >= 4 is 11.9 Å². The summed E-state index contributed by atoms with van der Waals surface area (Å²) in [4.78, 5) is 22.7. The van der Waals surface area contributed by atoms with Crippen LogP contribution in [-0.4, -0.2) is 27.7 Å². The van der Waals surface area contributed by atoms with E-state index in [1.54, 1.807) is 0 Å². The Balaban J connectivity index is 1.87. The number of aliphatic carboxylic acids is 2. The van der Waals surface area contributed by atoms with Crippen LogP contribution in [0, 0.1) is 17.8 Å². The zero-order valence-corrected chi connectivity index (χ0v) is 11.0. The van der Waals surface area contributed by atoms with Gasteiger partial charge >= 0.3 is 11.9 Å². The van der Waals surface area contributed by atoms with E-state index in [0.717, 1.165) is 11.1 Å². The molecule has 106 valence electrons. The number of fused-ring (bicyclic) bond motifs is 1. The number of nitrogens with two attached hydrogens (primary N) is 1. The van der Waals surface area contributed by atoms with E-state index < -0.39 is 29.3 Å². The number of carbonyl (C=O) groups is 2. The lowest BCUT2D eigenvalue weighted by Crippen LogP contribution is -2.57. The van der Waals surface area contributed by atoms with E-state index >= 15 is 0 Å². The maximum atomic E-state index is 11.7. The zero-order valence-electron chi connectivity index (χ0n) is 11.0. The van der Waals surface area contributed by atoms with Gasteiger partial charge in [-0.2, -0.15) is 0 Å². The Kier molecular flexibility index (Phi) is 2.83. The van der Waals surface area contributed by atoms with Crippen LogP contribution in [0.5, 0.6) is 0 Å². The molecule has 0 saturated heterocycles. The minimum Gasteiger partial charge on any atom is -0.481 e. The third-order valence-electron chi connectivity index (χ3n) is 4.82. The molecule has 1 fully saturated rings. The lowest BCUT2D eigenvalue weighted by Gasteiger charge is -2.31. The van der Waals surface area contributed by atoms with E-state index in [0.29, 0.717) is 19.3 Å². The maximum Gasteiger partial charge on any atom is 0.324 e. The van der Waals surface area contributed by atoms with Crippen molar-refractivity contribution < 1.29 is 19.8 Å². The Morgan fingerprint density at radius 1 is 1.15 bits per heavy atom. The van der Waals surface area contributed by atoms with Crippen molar-refractivity contribution in [3.63, 3.8) is 0 Å². The fraction of sp³-hybridized carbons (Fsp3) is 0.467. The van der Waals surface area contributed by atoms with Gasteiger partial charge in [-0.3, -0.25) is 9.59 Å². The second-order valence-corrected chi connectivity index (χ2v) is 5.90. The molecule has 1 unspecified atom stereocenters. The first-order valence-corrected chi connectivity index (χ1v) is 6.76. The lowest BCUT2D eigenvalue weighted by molar-refractivity contribution is -0.147. The molecule has 0 spiro atoms. The Morgan fingerprint density at radius 2 is 1.70 bits per heavy atom. The molecule has 3 atom stereocenters. The molecule has 5 heteroatoms. The van der Waals surface area contributed by atoms with Crippen LogP contribution >= 0.6 is 0 Å². The van der Waals surface area contributed by atoms with E-state index in [1.165, 1.54) is 0 Å². The van der Waals surface area contributed by atoms with Crippen LogP contribution in [0.15, 0.2) is 24.3 Å².